The summed E-state index contributed by atoms with van der Waals surface area (Å²) in [5.74, 6) is -1.74. The highest BCUT2D eigenvalue weighted by molar-refractivity contribution is 7.90. The van der Waals surface area contributed by atoms with Crippen LogP contribution in [-0.2, 0) is 21.3 Å². The van der Waals surface area contributed by atoms with Crippen LogP contribution < -0.4 is 4.90 Å². The first-order valence-electron chi connectivity index (χ1n) is 8.41. The number of halogens is 3. The molecule has 1 aromatic heterocycles. The molecule has 0 unspecified atom stereocenters. The van der Waals surface area contributed by atoms with E-state index in [1.807, 2.05) is 4.90 Å². The molecule has 3 heterocycles. The van der Waals surface area contributed by atoms with E-state index in [0.717, 1.165) is 12.1 Å². The Bertz CT molecular complexity index is 1020. The molecular weight excluding hydrogens is 400 g/mol. The van der Waals surface area contributed by atoms with Gasteiger partial charge in [0.15, 0.2) is 15.7 Å². The standard InChI is InChI=1S/C17H16ClF2N3O3S/c18-12-6-13(19)10(5-14(12)20)16-21-15-8-27(25,26)7-11(15)17(22-16)23-3-1-9(24)2-4-23/h5-6,9,24H,1-4,7-8H2. The number of aromatic nitrogens is 2. The summed E-state index contributed by atoms with van der Waals surface area (Å²) in [6.45, 7) is 0.975. The van der Waals surface area contributed by atoms with E-state index in [-0.39, 0.29) is 27.9 Å². The predicted octanol–water partition coefficient (Wildman–Crippen LogP) is 2.46. The highest BCUT2D eigenvalue weighted by Crippen LogP contribution is 2.35. The third kappa shape index (κ3) is 3.51. The van der Waals surface area contributed by atoms with E-state index in [1.54, 1.807) is 0 Å². The van der Waals surface area contributed by atoms with Crippen LogP contribution in [0, 0.1) is 11.6 Å². The van der Waals surface area contributed by atoms with Crippen LogP contribution in [0.4, 0.5) is 14.6 Å². The Morgan fingerprint density at radius 3 is 2.52 bits per heavy atom. The molecule has 1 fully saturated rings. The van der Waals surface area contributed by atoms with Crippen LogP contribution in [0.3, 0.4) is 0 Å². The maximum Gasteiger partial charge on any atom is 0.164 e. The second kappa shape index (κ2) is 6.65. The van der Waals surface area contributed by atoms with E-state index in [4.69, 9.17) is 11.6 Å². The number of hydrogen-bond acceptors (Lipinski definition) is 6. The van der Waals surface area contributed by atoms with Crippen molar-refractivity contribution in [2.75, 3.05) is 18.0 Å². The van der Waals surface area contributed by atoms with Crippen molar-refractivity contribution in [3.8, 4) is 11.4 Å². The van der Waals surface area contributed by atoms with E-state index >= 15 is 0 Å². The van der Waals surface area contributed by atoms with Gasteiger partial charge in [0.05, 0.1) is 33.9 Å². The van der Waals surface area contributed by atoms with Crippen molar-refractivity contribution in [3.63, 3.8) is 0 Å². The van der Waals surface area contributed by atoms with Crippen molar-refractivity contribution in [2.45, 2.75) is 30.5 Å². The molecule has 0 radical (unpaired) electrons. The fraction of sp³-hybridized carbons (Fsp3) is 0.412. The summed E-state index contributed by atoms with van der Waals surface area (Å²) in [7, 11) is -3.37. The normalized spacial score (nSPS) is 19.3. The van der Waals surface area contributed by atoms with Gasteiger partial charge in [-0.15, -0.1) is 0 Å². The molecule has 0 spiro atoms. The van der Waals surface area contributed by atoms with Crippen molar-refractivity contribution in [1.29, 1.82) is 0 Å². The number of sulfone groups is 1. The van der Waals surface area contributed by atoms with Gasteiger partial charge >= 0.3 is 0 Å². The lowest BCUT2D eigenvalue weighted by molar-refractivity contribution is 0.145. The van der Waals surface area contributed by atoms with Crippen LogP contribution in [0.5, 0.6) is 0 Å². The summed E-state index contributed by atoms with van der Waals surface area (Å²) in [5, 5.41) is 9.36. The number of anilines is 1. The Morgan fingerprint density at radius 1 is 1.11 bits per heavy atom. The van der Waals surface area contributed by atoms with E-state index < -0.39 is 27.6 Å². The summed E-state index contributed by atoms with van der Waals surface area (Å²) in [5.41, 5.74) is 0.614. The Kier molecular flexibility index (Phi) is 4.56. The van der Waals surface area contributed by atoms with Crippen molar-refractivity contribution < 1.29 is 22.3 Å². The van der Waals surface area contributed by atoms with Crippen LogP contribution in [0.2, 0.25) is 5.02 Å². The van der Waals surface area contributed by atoms with Crippen molar-refractivity contribution in [1.82, 2.24) is 9.97 Å². The van der Waals surface area contributed by atoms with Crippen LogP contribution >= 0.6 is 11.6 Å². The number of piperidine rings is 1. The molecule has 27 heavy (non-hydrogen) atoms. The molecule has 0 saturated carbocycles. The van der Waals surface area contributed by atoms with Gasteiger partial charge in [-0.1, -0.05) is 11.6 Å². The monoisotopic (exact) mass is 415 g/mol. The minimum atomic E-state index is -3.37. The van der Waals surface area contributed by atoms with E-state index in [9.17, 15) is 22.3 Å². The lowest BCUT2D eigenvalue weighted by Crippen LogP contribution is -2.37. The molecule has 144 valence electrons. The molecule has 2 aliphatic rings. The number of fused-ring (bicyclic) bond motifs is 1. The molecular formula is C17H16ClF2N3O3S. The molecule has 2 aromatic rings. The van der Waals surface area contributed by atoms with Crippen LogP contribution in [0.25, 0.3) is 11.4 Å². The van der Waals surface area contributed by atoms with Gasteiger partial charge in [0.25, 0.3) is 0 Å². The third-order valence-corrected chi connectivity index (χ3v) is 6.54. The molecule has 1 N–H and O–H groups in total. The Balaban J connectivity index is 1.86. The molecule has 2 aliphatic heterocycles. The summed E-state index contributed by atoms with van der Waals surface area (Å²) >= 11 is 5.60. The summed E-state index contributed by atoms with van der Waals surface area (Å²) < 4.78 is 52.4. The van der Waals surface area contributed by atoms with E-state index in [2.05, 4.69) is 9.97 Å². The van der Waals surface area contributed by atoms with Gasteiger partial charge in [-0.2, -0.15) is 0 Å². The average Bonchev–Trinajstić information content (AvgIpc) is 2.92. The van der Waals surface area contributed by atoms with E-state index in [1.165, 1.54) is 0 Å². The van der Waals surface area contributed by atoms with Gasteiger partial charge in [0.1, 0.15) is 17.5 Å². The molecule has 4 rings (SSSR count). The molecule has 10 heteroatoms. The zero-order valence-electron chi connectivity index (χ0n) is 14.1. The van der Waals surface area contributed by atoms with Gasteiger partial charge in [0, 0.05) is 18.7 Å². The minimum absolute atomic E-state index is 0.0833. The third-order valence-electron chi connectivity index (χ3n) is 4.81. The first-order valence-corrected chi connectivity index (χ1v) is 10.6. The molecule has 0 atom stereocenters. The number of nitrogens with zero attached hydrogens (tertiary/aromatic N) is 3. The second-order valence-electron chi connectivity index (χ2n) is 6.79. The summed E-state index contributed by atoms with van der Waals surface area (Å²) in [4.78, 5) is 10.4. The number of rotatable bonds is 2. The SMILES string of the molecule is O=S1(=O)Cc2nc(-c3cc(F)c(Cl)cc3F)nc(N3CCC(O)CC3)c2C1. The van der Waals surface area contributed by atoms with Gasteiger partial charge in [-0.3, -0.25) is 0 Å². The van der Waals surface area contributed by atoms with Gasteiger partial charge < -0.3 is 10.0 Å². The fourth-order valence-electron chi connectivity index (χ4n) is 3.42. The first kappa shape index (κ1) is 18.5. The molecule has 0 bridgehead atoms. The number of benzene rings is 1. The van der Waals surface area contributed by atoms with Crippen LogP contribution in [0.15, 0.2) is 12.1 Å². The zero-order valence-corrected chi connectivity index (χ0v) is 15.7. The average molecular weight is 416 g/mol. The molecule has 6 nitrogen and oxygen atoms in total. The topological polar surface area (TPSA) is 83.4 Å². The molecule has 0 amide bonds. The molecule has 1 saturated heterocycles. The Hall–Kier alpha value is -1.84. The molecule has 1 aromatic carbocycles. The zero-order chi connectivity index (χ0) is 19.3. The summed E-state index contributed by atoms with van der Waals surface area (Å²) in [6.07, 6.45) is 0.623. The smallest absolute Gasteiger partial charge is 0.164 e. The van der Waals surface area contributed by atoms with Crippen LogP contribution in [0.1, 0.15) is 24.1 Å². The minimum Gasteiger partial charge on any atom is -0.393 e. The number of hydrogen-bond donors (Lipinski definition) is 1. The lowest BCUT2D eigenvalue weighted by Gasteiger charge is -2.31. The van der Waals surface area contributed by atoms with Crippen molar-refractivity contribution in [2.24, 2.45) is 0 Å². The van der Waals surface area contributed by atoms with Gasteiger partial charge in [-0.05, 0) is 25.0 Å². The highest BCUT2D eigenvalue weighted by Gasteiger charge is 2.33. The predicted molar refractivity (Wildman–Crippen MR) is 96.2 cm³/mol. The van der Waals surface area contributed by atoms with E-state index in [0.29, 0.717) is 43.0 Å². The molecule has 0 aliphatic carbocycles. The largest absolute Gasteiger partial charge is 0.393 e. The quantitative estimate of drug-likeness (QED) is 0.759. The van der Waals surface area contributed by atoms with Crippen LogP contribution in [-0.4, -0.2) is 42.7 Å². The Morgan fingerprint density at radius 2 is 1.81 bits per heavy atom. The highest BCUT2D eigenvalue weighted by atomic mass is 35.5. The second-order valence-corrected chi connectivity index (χ2v) is 9.26. The van der Waals surface area contributed by atoms with Gasteiger partial charge in [0.2, 0.25) is 0 Å². The maximum absolute atomic E-state index is 14.3. The van der Waals surface area contributed by atoms with Gasteiger partial charge in [-0.25, -0.2) is 27.2 Å². The number of aliphatic hydroxyl groups is 1. The number of aliphatic hydroxyl groups excluding tert-OH is 1. The lowest BCUT2D eigenvalue weighted by atomic mass is 10.1. The van der Waals surface area contributed by atoms with Crippen molar-refractivity contribution >= 4 is 27.3 Å². The first-order chi connectivity index (χ1) is 12.7. The maximum atomic E-state index is 14.3. The Labute approximate surface area is 159 Å². The summed E-state index contributed by atoms with van der Waals surface area (Å²) in [6, 6.07) is 1.75. The fourth-order valence-corrected chi connectivity index (χ4v) is 5.06. The van der Waals surface area contributed by atoms with Crippen molar-refractivity contribution in [3.05, 3.63) is 40.0 Å².